The monoisotopic (exact) mass is 390 g/mol. The summed E-state index contributed by atoms with van der Waals surface area (Å²) in [5.74, 6) is 1.39. The predicted molar refractivity (Wildman–Crippen MR) is 112 cm³/mol. The molecule has 4 aromatic rings. The predicted octanol–water partition coefficient (Wildman–Crippen LogP) is 4.27. The fourth-order valence-corrected chi connectivity index (χ4v) is 4.44. The van der Waals surface area contributed by atoms with E-state index in [0.29, 0.717) is 11.7 Å². The molecule has 3 heterocycles. The summed E-state index contributed by atoms with van der Waals surface area (Å²) in [6.07, 6.45) is 0. The van der Waals surface area contributed by atoms with E-state index < -0.39 is 0 Å². The zero-order valence-corrected chi connectivity index (χ0v) is 16.4. The van der Waals surface area contributed by atoms with E-state index in [-0.39, 0.29) is 0 Å². The van der Waals surface area contributed by atoms with Gasteiger partial charge in [-0.2, -0.15) is 4.98 Å². The number of rotatable bonds is 5. The van der Waals surface area contributed by atoms with Gasteiger partial charge in [-0.05, 0) is 27.8 Å². The van der Waals surface area contributed by atoms with Crippen molar-refractivity contribution >= 4 is 22.1 Å². The minimum atomic E-state index is 0.694. The highest BCUT2D eigenvalue weighted by molar-refractivity contribution is 7.13. The number of benzene rings is 2. The molecule has 0 atom stereocenters. The zero-order chi connectivity index (χ0) is 18.8. The number of aromatic nitrogens is 2. The van der Waals surface area contributed by atoms with E-state index in [0.717, 1.165) is 44.1 Å². The van der Waals surface area contributed by atoms with E-state index in [1.165, 1.54) is 16.3 Å². The summed E-state index contributed by atoms with van der Waals surface area (Å²) in [6, 6.07) is 19.3. The molecule has 142 valence electrons. The Morgan fingerprint density at radius 1 is 0.857 bits per heavy atom. The molecule has 0 N–H and O–H groups in total. The third-order valence-corrected chi connectivity index (χ3v) is 6.17. The Morgan fingerprint density at radius 3 is 2.46 bits per heavy atom. The van der Waals surface area contributed by atoms with Gasteiger partial charge in [0.05, 0.1) is 11.4 Å². The van der Waals surface area contributed by atoms with Gasteiger partial charge < -0.3 is 4.52 Å². The highest BCUT2D eigenvalue weighted by atomic mass is 32.1. The molecule has 0 aliphatic carbocycles. The fraction of sp³-hybridized carbons (Fsp3) is 0.273. The number of piperazine rings is 1. The van der Waals surface area contributed by atoms with Crippen molar-refractivity contribution in [1.29, 1.82) is 0 Å². The van der Waals surface area contributed by atoms with Crippen LogP contribution in [0.15, 0.2) is 64.5 Å². The van der Waals surface area contributed by atoms with Gasteiger partial charge >= 0.3 is 0 Å². The third-order valence-electron chi connectivity index (χ3n) is 5.31. The van der Waals surface area contributed by atoms with Gasteiger partial charge in [-0.15, -0.1) is 11.3 Å². The fourth-order valence-electron chi connectivity index (χ4n) is 3.79. The topological polar surface area (TPSA) is 45.4 Å². The van der Waals surface area contributed by atoms with Gasteiger partial charge in [0.2, 0.25) is 11.7 Å². The Morgan fingerprint density at radius 2 is 1.64 bits per heavy atom. The smallest absolute Gasteiger partial charge is 0.241 e. The van der Waals surface area contributed by atoms with E-state index in [2.05, 4.69) is 62.4 Å². The summed E-state index contributed by atoms with van der Waals surface area (Å²) in [4.78, 5) is 10.5. The molecule has 2 aromatic carbocycles. The molecule has 5 rings (SSSR count). The van der Waals surface area contributed by atoms with Crippen molar-refractivity contribution in [3.05, 3.63) is 71.4 Å². The Labute approximate surface area is 168 Å². The van der Waals surface area contributed by atoms with Gasteiger partial charge in [0.1, 0.15) is 0 Å². The highest BCUT2D eigenvalue weighted by Gasteiger charge is 2.20. The van der Waals surface area contributed by atoms with Crippen LogP contribution in [0.5, 0.6) is 0 Å². The van der Waals surface area contributed by atoms with Crippen LogP contribution in [0.25, 0.3) is 21.5 Å². The van der Waals surface area contributed by atoms with Crippen LogP contribution in [0.2, 0.25) is 0 Å². The molecule has 0 unspecified atom stereocenters. The lowest BCUT2D eigenvalue weighted by Crippen LogP contribution is -2.45. The normalized spacial score (nSPS) is 16.0. The number of hydrogen-bond acceptors (Lipinski definition) is 6. The van der Waals surface area contributed by atoms with Crippen LogP contribution in [0.1, 0.15) is 11.5 Å². The van der Waals surface area contributed by atoms with Gasteiger partial charge in [-0.1, -0.05) is 53.7 Å². The second-order valence-corrected chi connectivity index (χ2v) is 8.13. The largest absolute Gasteiger partial charge is 0.338 e. The van der Waals surface area contributed by atoms with E-state index >= 15 is 0 Å². The zero-order valence-electron chi connectivity index (χ0n) is 15.6. The van der Waals surface area contributed by atoms with Crippen LogP contribution < -0.4 is 0 Å². The van der Waals surface area contributed by atoms with Crippen LogP contribution in [0.3, 0.4) is 0 Å². The lowest BCUT2D eigenvalue weighted by molar-refractivity contribution is 0.112. The Kier molecular flexibility index (Phi) is 4.91. The quantitative estimate of drug-likeness (QED) is 0.509. The average Bonchev–Trinajstić information content (AvgIpc) is 3.42. The SMILES string of the molecule is c1csc(-c2noc(CN3CCN(Cc4cccc5ccccc45)CC3)n2)c1. The van der Waals surface area contributed by atoms with Crippen LogP contribution in [-0.4, -0.2) is 46.1 Å². The maximum absolute atomic E-state index is 5.45. The molecular formula is C22H22N4OS. The molecule has 2 aromatic heterocycles. The van der Waals surface area contributed by atoms with Gasteiger partial charge in [-0.25, -0.2) is 0 Å². The van der Waals surface area contributed by atoms with Crippen LogP contribution in [-0.2, 0) is 13.1 Å². The summed E-state index contributed by atoms with van der Waals surface area (Å²) in [5.41, 5.74) is 1.41. The first-order chi connectivity index (χ1) is 13.8. The van der Waals surface area contributed by atoms with Crippen molar-refractivity contribution in [3.63, 3.8) is 0 Å². The molecule has 28 heavy (non-hydrogen) atoms. The minimum Gasteiger partial charge on any atom is -0.338 e. The van der Waals surface area contributed by atoms with Crippen molar-refractivity contribution in [1.82, 2.24) is 19.9 Å². The van der Waals surface area contributed by atoms with Crippen molar-refractivity contribution in [2.75, 3.05) is 26.2 Å². The molecule has 0 radical (unpaired) electrons. The first-order valence-electron chi connectivity index (χ1n) is 9.63. The minimum absolute atomic E-state index is 0.694. The van der Waals surface area contributed by atoms with E-state index in [9.17, 15) is 0 Å². The summed E-state index contributed by atoms with van der Waals surface area (Å²) in [7, 11) is 0. The van der Waals surface area contributed by atoms with Gasteiger partial charge in [0.25, 0.3) is 0 Å². The second kappa shape index (κ2) is 7.83. The Bertz CT molecular complexity index is 1050. The van der Waals surface area contributed by atoms with Gasteiger partial charge in [0.15, 0.2) is 0 Å². The van der Waals surface area contributed by atoms with Gasteiger partial charge in [0, 0.05) is 32.7 Å². The van der Waals surface area contributed by atoms with Crippen molar-refractivity contribution in [2.24, 2.45) is 0 Å². The molecule has 1 aliphatic heterocycles. The molecule has 5 nitrogen and oxygen atoms in total. The van der Waals surface area contributed by atoms with Gasteiger partial charge in [-0.3, -0.25) is 9.80 Å². The molecule has 6 heteroatoms. The first-order valence-corrected chi connectivity index (χ1v) is 10.5. The van der Waals surface area contributed by atoms with Crippen molar-refractivity contribution in [2.45, 2.75) is 13.1 Å². The summed E-state index contributed by atoms with van der Waals surface area (Å²) >= 11 is 1.63. The lowest BCUT2D eigenvalue weighted by Gasteiger charge is -2.34. The summed E-state index contributed by atoms with van der Waals surface area (Å²) in [5, 5.41) is 8.82. The molecule has 0 amide bonds. The van der Waals surface area contributed by atoms with Crippen molar-refractivity contribution < 1.29 is 4.52 Å². The van der Waals surface area contributed by atoms with Crippen LogP contribution in [0, 0.1) is 0 Å². The third kappa shape index (κ3) is 3.71. The van der Waals surface area contributed by atoms with Crippen LogP contribution in [0.4, 0.5) is 0 Å². The Hall–Kier alpha value is -2.54. The molecule has 1 fully saturated rings. The molecule has 0 spiro atoms. The molecule has 1 aliphatic rings. The average molecular weight is 391 g/mol. The number of hydrogen-bond donors (Lipinski definition) is 0. The standard InChI is InChI=1S/C22H22N4OS/c1-2-8-19-17(5-1)6-3-7-18(19)15-25-10-12-26(13-11-25)16-21-23-22(24-27-21)20-9-4-14-28-20/h1-9,14H,10-13,15-16H2. The number of fused-ring (bicyclic) bond motifs is 1. The van der Waals surface area contributed by atoms with Crippen LogP contribution >= 0.6 is 11.3 Å². The number of thiophene rings is 1. The second-order valence-electron chi connectivity index (χ2n) is 7.18. The van der Waals surface area contributed by atoms with E-state index in [1.807, 2.05) is 17.5 Å². The van der Waals surface area contributed by atoms with E-state index in [4.69, 9.17) is 4.52 Å². The van der Waals surface area contributed by atoms with E-state index in [1.54, 1.807) is 11.3 Å². The lowest BCUT2D eigenvalue weighted by atomic mass is 10.0. The molecule has 0 bridgehead atoms. The van der Waals surface area contributed by atoms with Crippen molar-refractivity contribution in [3.8, 4) is 10.7 Å². The number of nitrogens with zero attached hydrogens (tertiary/aromatic N) is 4. The molecule has 0 saturated carbocycles. The maximum Gasteiger partial charge on any atom is 0.241 e. The molecular weight excluding hydrogens is 368 g/mol. The Balaban J connectivity index is 1.19. The first kappa shape index (κ1) is 17.6. The summed E-state index contributed by atoms with van der Waals surface area (Å²) < 4.78 is 5.45. The molecule has 1 saturated heterocycles. The maximum atomic E-state index is 5.45. The highest BCUT2D eigenvalue weighted by Crippen LogP contribution is 2.23. The summed E-state index contributed by atoms with van der Waals surface area (Å²) in [6.45, 7) is 5.85.